The molecule has 4 heteroatoms. The van der Waals surface area contributed by atoms with E-state index in [-0.39, 0.29) is 6.04 Å². The number of para-hydroxylation sites is 1. The van der Waals surface area contributed by atoms with E-state index in [1.807, 2.05) is 29.1 Å². The monoisotopic (exact) mass is 259 g/mol. The number of nitrogens with zero attached hydrogens (tertiary/aromatic N) is 2. The van der Waals surface area contributed by atoms with Crippen LogP contribution < -0.4 is 10.1 Å². The van der Waals surface area contributed by atoms with Crippen LogP contribution in [0.2, 0.25) is 0 Å². The molecule has 0 fully saturated rings. The van der Waals surface area contributed by atoms with Gasteiger partial charge >= 0.3 is 0 Å². The van der Waals surface area contributed by atoms with Gasteiger partial charge < -0.3 is 10.1 Å². The van der Waals surface area contributed by atoms with Gasteiger partial charge in [0.25, 0.3) is 0 Å². The van der Waals surface area contributed by atoms with Gasteiger partial charge in [-0.05, 0) is 19.5 Å². The molecule has 0 aliphatic heterocycles. The van der Waals surface area contributed by atoms with Gasteiger partial charge in [0.1, 0.15) is 5.75 Å². The average molecular weight is 259 g/mol. The molecule has 0 saturated carbocycles. The van der Waals surface area contributed by atoms with E-state index in [2.05, 4.69) is 36.5 Å². The van der Waals surface area contributed by atoms with Gasteiger partial charge in [-0.3, -0.25) is 4.68 Å². The van der Waals surface area contributed by atoms with Crippen molar-refractivity contribution in [2.45, 2.75) is 26.4 Å². The number of nitrogens with one attached hydrogen (secondary N) is 1. The highest BCUT2D eigenvalue weighted by Gasteiger charge is 2.18. The minimum atomic E-state index is 0.112. The molecule has 1 atom stereocenters. The number of aryl methyl sites for hydroxylation is 1. The molecule has 19 heavy (non-hydrogen) atoms. The van der Waals surface area contributed by atoms with Crippen LogP contribution in [-0.4, -0.2) is 23.4 Å². The minimum absolute atomic E-state index is 0.112. The molecule has 1 unspecified atom stereocenters. The molecule has 4 nitrogen and oxygen atoms in total. The Bertz CT molecular complexity index is 522. The molecule has 0 aliphatic rings. The summed E-state index contributed by atoms with van der Waals surface area (Å²) < 4.78 is 7.40. The van der Waals surface area contributed by atoms with Crippen LogP contribution in [0.4, 0.5) is 0 Å². The van der Waals surface area contributed by atoms with Gasteiger partial charge in [0.2, 0.25) is 0 Å². The normalized spacial score (nSPS) is 12.4. The lowest BCUT2D eigenvalue weighted by Gasteiger charge is -2.19. The standard InChI is InChI=1S/C15H21N3O/c1-4-16-15(12-10-17-18(5-2)11-12)13-8-6-7-9-14(13)19-3/h6-11,15-16H,4-5H2,1-3H3. The van der Waals surface area contributed by atoms with Crippen molar-refractivity contribution in [3.8, 4) is 5.75 Å². The van der Waals surface area contributed by atoms with Crippen molar-refractivity contribution in [3.05, 3.63) is 47.8 Å². The zero-order chi connectivity index (χ0) is 13.7. The van der Waals surface area contributed by atoms with Crippen molar-refractivity contribution >= 4 is 0 Å². The summed E-state index contributed by atoms with van der Waals surface area (Å²) in [5, 5.41) is 7.85. The Morgan fingerprint density at radius 3 is 2.74 bits per heavy atom. The Balaban J connectivity index is 2.38. The first-order chi connectivity index (χ1) is 9.30. The van der Waals surface area contributed by atoms with Gasteiger partial charge in [-0.25, -0.2) is 0 Å². The molecule has 1 aromatic heterocycles. The van der Waals surface area contributed by atoms with Crippen molar-refractivity contribution < 1.29 is 4.74 Å². The lowest BCUT2D eigenvalue weighted by molar-refractivity contribution is 0.404. The predicted octanol–water partition coefficient (Wildman–Crippen LogP) is 2.61. The quantitative estimate of drug-likeness (QED) is 0.866. The Morgan fingerprint density at radius 1 is 1.32 bits per heavy atom. The van der Waals surface area contributed by atoms with Gasteiger partial charge in [0, 0.05) is 23.9 Å². The first kappa shape index (κ1) is 13.6. The molecule has 0 aliphatic carbocycles. The molecule has 1 N–H and O–H groups in total. The summed E-state index contributed by atoms with van der Waals surface area (Å²) in [6.45, 7) is 5.96. The molecule has 1 aromatic carbocycles. The molecular formula is C15H21N3O. The van der Waals surface area contributed by atoms with Crippen LogP contribution in [0.5, 0.6) is 5.75 Å². The van der Waals surface area contributed by atoms with E-state index in [1.54, 1.807) is 7.11 Å². The van der Waals surface area contributed by atoms with E-state index in [9.17, 15) is 0 Å². The van der Waals surface area contributed by atoms with Gasteiger partial charge in [0.15, 0.2) is 0 Å². The molecule has 102 valence electrons. The minimum Gasteiger partial charge on any atom is -0.496 e. The smallest absolute Gasteiger partial charge is 0.123 e. The number of benzene rings is 1. The van der Waals surface area contributed by atoms with Crippen molar-refractivity contribution in [1.29, 1.82) is 0 Å². The predicted molar refractivity (Wildman–Crippen MR) is 76.4 cm³/mol. The fraction of sp³-hybridized carbons (Fsp3) is 0.400. The first-order valence-electron chi connectivity index (χ1n) is 6.68. The number of hydrogen-bond acceptors (Lipinski definition) is 3. The highest BCUT2D eigenvalue weighted by Crippen LogP contribution is 2.29. The molecule has 0 saturated heterocycles. The van der Waals surface area contributed by atoms with E-state index >= 15 is 0 Å². The number of ether oxygens (including phenoxy) is 1. The van der Waals surface area contributed by atoms with Crippen molar-refractivity contribution in [3.63, 3.8) is 0 Å². The summed E-state index contributed by atoms with van der Waals surface area (Å²) in [6, 6.07) is 8.22. The van der Waals surface area contributed by atoms with E-state index in [0.29, 0.717) is 0 Å². The van der Waals surface area contributed by atoms with Crippen LogP contribution in [0.15, 0.2) is 36.7 Å². The zero-order valence-electron chi connectivity index (χ0n) is 11.8. The molecule has 0 radical (unpaired) electrons. The lowest BCUT2D eigenvalue weighted by atomic mass is 10.0. The molecular weight excluding hydrogens is 238 g/mol. The highest BCUT2D eigenvalue weighted by atomic mass is 16.5. The molecule has 1 heterocycles. The summed E-state index contributed by atoms with van der Waals surface area (Å²) in [5.41, 5.74) is 2.30. The summed E-state index contributed by atoms with van der Waals surface area (Å²) in [7, 11) is 1.71. The highest BCUT2D eigenvalue weighted by molar-refractivity contribution is 5.40. The van der Waals surface area contributed by atoms with Gasteiger partial charge in [-0.1, -0.05) is 25.1 Å². The summed E-state index contributed by atoms with van der Waals surface area (Å²) in [5.74, 6) is 0.901. The SMILES string of the molecule is CCNC(c1cnn(CC)c1)c1ccccc1OC. The van der Waals surface area contributed by atoms with Crippen LogP contribution in [0.1, 0.15) is 31.0 Å². The average Bonchev–Trinajstić information content (AvgIpc) is 2.93. The van der Waals surface area contributed by atoms with Crippen molar-refractivity contribution in [1.82, 2.24) is 15.1 Å². The first-order valence-corrected chi connectivity index (χ1v) is 6.68. The molecule has 2 aromatic rings. The Kier molecular flexibility index (Phi) is 4.58. The Hall–Kier alpha value is -1.81. The molecule has 0 bridgehead atoms. The molecule has 0 amide bonds. The maximum atomic E-state index is 5.46. The second kappa shape index (κ2) is 6.38. The van der Waals surface area contributed by atoms with Crippen LogP contribution in [-0.2, 0) is 6.54 Å². The van der Waals surface area contributed by atoms with Crippen LogP contribution in [0.3, 0.4) is 0 Å². The largest absolute Gasteiger partial charge is 0.496 e. The number of methoxy groups -OCH3 is 1. The third kappa shape index (κ3) is 2.96. The van der Waals surface area contributed by atoms with Crippen molar-refractivity contribution in [2.24, 2.45) is 0 Å². The van der Waals surface area contributed by atoms with Gasteiger partial charge in [-0.2, -0.15) is 5.10 Å². The number of aromatic nitrogens is 2. The van der Waals surface area contributed by atoms with E-state index in [4.69, 9.17) is 4.74 Å². The third-order valence-corrected chi connectivity index (χ3v) is 3.17. The van der Waals surface area contributed by atoms with Crippen molar-refractivity contribution in [2.75, 3.05) is 13.7 Å². The fourth-order valence-corrected chi connectivity index (χ4v) is 2.22. The third-order valence-electron chi connectivity index (χ3n) is 3.17. The summed E-state index contributed by atoms with van der Waals surface area (Å²) >= 11 is 0. The Morgan fingerprint density at radius 2 is 2.11 bits per heavy atom. The maximum absolute atomic E-state index is 5.46. The topological polar surface area (TPSA) is 39.1 Å². The Labute approximate surface area is 114 Å². The molecule has 0 spiro atoms. The number of hydrogen-bond donors (Lipinski definition) is 1. The van der Waals surface area contributed by atoms with E-state index < -0.39 is 0 Å². The second-order valence-electron chi connectivity index (χ2n) is 4.36. The maximum Gasteiger partial charge on any atom is 0.123 e. The van der Waals surface area contributed by atoms with Gasteiger partial charge in [0.05, 0.1) is 19.3 Å². The van der Waals surface area contributed by atoms with Crippen LogP contribution in [0, 0.1) is 0 Å². The van der Waals surface area contributed by atoms with Crippen LogP contribution >= 0.6 is 0 Å². The summed E-state index contributed by atoms with van der Waals surface area (Å²) in [6.07, 6.45) is 4.00. The molecule has 2 rings (SSSR count). The lowest BCUT2D eigenvalue weighted by Crippen LogP contribution is -2.22. The summed E-state index contributed by atoms with van der Waals surface area (Å²) in [4.78, 5) is 0. The second-order valence-corrected chi connectivity index (χ2v) is 4.36. The van der Waals surface area contributed by atoms with Gasteiger partial charge in [-0.15, -0.1) is 0 Å². The van der Waals surface area contributed by atoms with Crippen LogP contribution in [0.25, 0.3) is 0 Å². The number of rotatable bonds is 6. The zero-order valence-corrected chi connectivity index (χ0v) is 11.8. The van der Waals surface area contributed by atoms with E-state index in [1.165, 1.54) is 0 Å². The fourth-order valence-electron chi connectivity index (χ4n) is 2.22. The van der Waals surface area contributed by atoms with E-state index in [0.717, 1.165) is 30.0 Å².